The van der Waals surface area contributed by atoms with E-state index in [1.165, 1.54) is 0 Å². The zero-order valence-corrected chi connectivity index (χ0v) is 41.2. The summed E-state index contributed by atoms with van der Waals surface area (Å²) in [6.07, 6.45) is -2.10. The van der Waals surface area contributed by atoms with Gasteiger partial charge in [0.1, 0.15) is 46.1 Å². The molecule has 358 valence electrons. The summed E-state index contributed by atoms with van der Waals surface area (Å²) < 4.78 is 15.2. The lowest BCUT2D eigenvalue weighted by Crippen LogP contribution is -2.41. The standard InChI is InChI=1S/C72H46O4/c73-67-69(47-33-17-5-18-34-47)55(43-25-9-1-10-26-43)56(44-27-11-2-12-28-44)70(67,48-35-19-6-20-36-48)60-59(69)63-51-41-53-54(42-52(51)64(60)75-63)66-62-61(65(53)76-66)71(49-37-21-7-22-38-49)57(45-29-13-3-14-30-45)58(46-31-15-4-16-32-46)72(62,68(71)74)50-39-23-8-24-40-50/h1-42,63-66H. The number of ketones is 2. The Hall–Kier alpha value is -8.80. The molecule has 0 amide bonds. The maximum atomic E-state index is 17.1. The first kappa shape index (κ1) is 42.5. The second kappa shape index (κ2) is 15.0. The molecule has 9 aromatic rings. The number of benzene rings is 9. The van der Waals surface area contributed by atoms with Crippen LogP contribution in [0.1, 0.15) is 91.2 Å². The Morgan fingerprint density at radius 2 is 0.434 bits per heavy atom. The van der Waals surface area contributed by atoms with Gasteiger partial charge in [-0.2, -0.15) is 0 Å². The zero-order chi connectivity index (χ0) is 50.1. The number of fused-ring (bicyclic) bond motifs is 22. The maximum Gasteiger partial charge on any atom is 0.171 e. The largest absolute Gasteiger partial charge is 0.357 e. The highest BCUT2D eigenvalue weighted by atomic mass is 16.5. The lowest BCUT2D eigenvalue weighted by molar-refractivity contribution is -0.124. The lowest BCUT2D eigenvalue weighted by Gasteiger charge is -2.39. The summed E-state index contributed by atoms with van der Waals surface area (Å²) in [5.74, 6) is 0.306. The van der Waals surface area contributed by atoms with Gasteiger partial charge in [-0.3, -0.25) is 9.59 Å². The van der Waals surface area contributed by atoms with Crippen molar-refractivity contribution in [3.8, 4) is 0 Å². The summed E-state index contributed by atoms with van der Waals surface area (Å²) in [7, 11) is 0. The number of ether oxygens (including phenoxy) is 2. The van der Waals surface area contributed by atoms with E-state index in [2.05, 4.69) is 231 Å². The van der Waals surface area contributed by atoms with Crippen molar-refractivity contribution >= 4 is 33.9 Å². The van der Waals surface area contributed by atoms with Crippen LogP contribution in [0, 0.1) is 0 Å². The second-order valence-corrected chi connectivity index (χ2v) is 21.6. The third-order valence-corrected chi connectivity index (χ3v) is 18.6. The molecule has 0 fully saturated rings. The molecule has 4 heterocycles. The average Bonchev–Trinajstić information content (AvgIpc) is 4.54. The molecular formula is C72H46O4. The number of hydrogen-bond acceptors (Lipinski definition) is 4. The van der Waals surface area contributed by atoms with Gasteiger partial charge in [-0.25, -0.2) is 0 Å². The summed E-state index contributed by atoms with van der Waals surface area (Å²) in [6.45, 7) is 0. The van der Waals surface area contributed by atoms with Gasteiger partial charge in [0.2, 0.25) is 0 Å². The number of carbonyl (C=O) groups excluding carboxylic acids is 2. The SMILES string of the molecule is O=C1C2(c3ccccc3)C(c3ccccc3)=C(c3ccccc3)C1(c1ccccc1)C1=C2C2OC1c1cc3c(cc12)C1OC3C2=C1C1(c3ccccc3)C(=O)C2(c2ccccc2)C(c2ccccc2)=C1c1ccccc1. The van der Waals surface area contributed by atoms with Crippen molar-refractivity contribution in [1.82, 2.24) is 0 Å². The van der Waals surface area contributed by atoms with Crippen LogP contribution < -0.4 is 0 Å². The normalized spacial score (nSPS) is 28.5. The van der Waals surface area contributed by atoms with Crippen LogP contribution in [0.5, 0.6) is 0 Å². The molecule has 0 saturated carbocycles. The minimum absolute atomic E-state index is 0.153. The zero-order valence-electron chi connectivity index (χ0n) is 41.2. The van der Waals surface area contributed by atoms with Crippen molar-refractivity contribution in [2.75, 3.05) is 0 Å². The molecule has 76 heavy (non-hydrogen) atoms. The van der Waals surface area contributed by atoms with Crippen molar-refractivity contribution < 1.29 is 19.1 Å². The van der Waals surface area contributed by atoms with Crippen LogP contribution in [0.15, 0.2) is 277 Å². The van der Waals surface area contributed by atoms with E-state index in [9.17, 15) is 0 Å². The highest BCUT2D eigenvalue weighted by Crippen LogP contribution is 2.81. The summed E-state index contributed by atoms with van der Waals surface area (Å²) in [5.41, 5.74) is 15.6. The van der Waals surface area contributed by atoms with E-state index in [0.717, 1.165) is 111 Å². The van der Waals surface area contributed by atoms with Gasteiger partial charge >= 0.3 is 0 Å². The van der Waals surface area contributed by atoms with Gasteiger partial charge in [-0.15, -0.1) is 0 Å². The van der Waals surface area contributed by atoms with E-state index in [1.54, 1.807) is 0 Å². The van der Waals surface area contributed by atoms with Crippen LogP contribution in [-0.2, 0) is 40.7 Å². The monoisotopic (exact) mass is 974 g/mol. The molecule has 8 atom stereocenters. The molecule has 0 N–H and O–H groups in total. The molecule has 0 radical (unpaired) electrons. The van der Waals surface area contributed by atoms with Gasteiger partial charge < -0.3 is 9.47 Å². The fraction of sp³-hybridized carbons (Fsp3) is 0.111. The first-order chi connectivity index (χ1) is 37.6. The second-order valence-electron chi connectivity index (χ2n) is 21.6. The van der Waals surface area contributed by atoms with Crippen molar-refractivity contribution in [1.29, 1.82) is 0 Å². The molecule has 0 spiro atoms. The van der Waals surface area contributed by atoms with Crippen LogP contribution in [0.4, 0.5) is 0 Å². The van der Waals surface area contributed by atoms with Crippen molar-refractivity contribution in [2.24, 2.45) is 0 Å². The molecule has 0 saturated heterocycles. The van der Waals surface area contributed by atoms with Gasteiger partial charge in [-0.05, 0) is 123 Å². The van der Waals surface area contributed by atoms with Crippen LogP contribution in [0.3, 0.4) is 0 Å². The van der Waals surface area contributed by atoms with Gasteiger partial charge in [-0.1, -0.05) is 243 Å². The Morgan fingerprint density at radius 3 is 0.632 bits per heavy atom. The number of carbonyl (C=O) groups is 2. The van der Waals surface area contributed by atoms with Crippen LogP contribution >= 0.6 is 0 Å². The number of allylic oxidation sites excluding steroid dienone is 4. The van der Waals surface area contributed by atoms with E-state index < -0.39 is 46.1 Å². The Kier molecular flexibility index (Phi) is 8.37. The first-order valence-electron chi connectivity index (χ1n) is 26.6. The van der Waals surface area contributed by atoms with E-state index in [-0.39, 0.29) is 11.6 Å². The Labute approximate surface area is 440 Å². The number of hydrogen-bond donors (Lipinski definition) is 0. The lowest BCUT2D eigenvalue weighted by atomic mass is 9.60. The van der Waals surface area contributed by atoms with E-state index >= 15 is 9.59 Å². The molecular weight excluding hydrogens is 929 g/mol. The number of Topliss-reactive ketones (excluding diaryl/α,β-unsaturated/α-hetero) is 2. The predicted octanol–water partition coefficient (Wildman–Crippen LogP) is 14.7. The van der Waals surface area contributed by atoms with E-state index in [4.69, 9.17) is 9.47 Å². The molecule has 4 aliphatic heterocycles. The van der Waals surface area contributed by atoms with Gasteiger partial charge in [0, 0.05) is 0 Å². The van der Waals surface area contributed by atoms with Crippen molar-refractivity contribution in [3.05, 3.63) is 344 Å². The van der Waals surface area contributed by atoms with Crippen LogP contribution in [-0.4, -0.2) is 11.6 Å². The minimum atomic E-state index is -1.18. The third kappa shape index (κ3) is 4.70. The summed E-state index contributed by atoms with van der Waals surface area (Å²) >= 11 is 0. The van der Waals surface area contributed by atoms with Crippen LogP contribution in [0.2, 0.25) is 0 Å². The Bertz CT molecular complexity index is 3600. The molecule has 8 bridgehead atoms. The third-order valence-electron chi connectivity index (χ3n) is 18.6. The Morgan fingerprint density at radius 1 is 0.250 bits per heavy atom. The minimum Gasteiger partial charge on any atom is -0.357 e. The fourth-order valence-electron chi connectivity index (χ4n) is 16.3. The summed E-state index contributed by atoms with van der Waals surface area (Å²) in [4.78, 5) is 34.1. The Balaban J connectivity index is 0.934. The van der Waals surface area contributed by atoms with Crippen molar-refractivity contribution in [2.45, 2.75) is 46.1 Å². The quantitative estimate of drug-likeness (QED) is 0.142. The highest BCUT2D eigenvalue weighted by Gasteiger charge is 2.79. The average molecular weight is 975 g/mol. The number of rotatable bonds is 8. The predicted molar refractivity (Wildman–Crippen MR) is 296 cm³/mol. The fourth-order valence-corrected chi connectivity index (χ4v) is 16.3. The maximum absolute atomic E-state index is 17.1. The van der Waals surface area contributed by atoms with E-state index in [0.29, 0.717) is 0 Å². The topological polar surface area (TPSA) is 52.6 Å². The smallest absolute Gasteiger partial charge is 0.171 e. The van der Waals surface area contributed by atoms with Gasteiger partial charge in [0.05, 0.1) is 0 Å². The highest BCUT2D eigenvalue weighted by molar-refractivity contribution is 6.35. The molecule has 9 aromatic carbocycles. The molecule has 8 aliphatic rings. The summed E-state index contributed by atoms with van der Waals surface area (Å²) in [6, 6.07) is 88.9. The molecule has 4 aliphatic carbocycles. The molecule has 17 rings (SSSR count). The molecule has 0 aromatic heterocycles. The molecule has 4 heteroatoms. The van der Waals surface area contributed by atoms with Gasteiger partial charge in [0.15, 0.2) is 11.6 Å². The van der Waals surface area contributed by atoms with Crippen molar-refractivity contribution in [3.63, 3.8) is 0 Å². The molecule has 4 nitrogen and oxygen atoms in total. The van der Waals surface area contributed by atoms with E-state index in [1.807, 2.05) is 24.3 Å². The first-order valence-corrected chi connectivity index (χ1v) is 26.6. The van der Waals surface area contributed by atoms with Crippen LogP contribution in [0.25, 0.3) is 22.3 Å². The van der Waals surface area contributed by atoms with Gasteiger partial charge in [0.25, 0.3) is 0 Å². The molecule has 8 unspecified atom stereocenters. The summed E-state index contributed by atoms with van der Waals surface area (Å²) in [5, 5.41) is 0.